The van der Waals surface area contributed by atoms with Gasteiger partial charge in [-0.05, 0) is 57.0 Å². The maximum absolute atomic E-state index is 13.4. The predicted octanol–water partition coefficient (Wildman–Crippen LogP) is 3.04. The van der Waals surface area contributed by atoms with Crippen molar-refractivity contribution < 1.29 is 8.42 Å². The number of sulfonamides is 1. The Labute approximate surface area is 178 Å². The first-order valence-electron chi connectivity index (χ1n) is 10.5. The number of benzene rings is 1. The Morgan fingerprint density at radius 3 is 2.47 bits per heavy atom. The molecule has 1 saturated heterocycles. The molecule has 1 aliphatic rings. The van der Waals surface area contributed by atoms with Crippen LogP contribution in [0.1, 0.15) is 30.3 Å². The molecule has 3 aromatic rings. The first-order valence-corrected chi connectivity index (χ1v) is 11.9. The second-order valence-corrected chi connectivity index (χ2v) is 9.96. The highest BCUT2D eigenvalue weighted by Gasteiger charge is 2.30. The molecule has 0 spiro atoms. The molecule has 3 heterocycles. The smallest absolute Gasteiger partial charge is 0.243 e. The number of rotatable bonds is 5. The van der Waals surface area contributed by atoms with Gasteiger partial charge < -0.3 is 4.90 Å². The lowest BCUT2D eigenvalue weighted by Crippen LogP contribution is -2.48. The van der Waals surface area contributed by atoms with E-state index < -0.39 is 10.0 Å². The van der Waals surface area contributed by atoms with Crippen molar-refractivity contribution >= 4 is 15.7 Å². The van der Waals surface area contributed by atoms with Gasteiger partial charge >= 0.3 is 0 Å². The molecule has 0 N–H and O–H groups in total. The highest BCUT2D eigenvalue weighted by Crippen LogP contribution is 2.30. The molecule has 4 rings (SSSR count). The summed E-state index contributed by atoms with van der Waals surface area (Å²) < 4.78 is 30.3. The summed E-state index contributed by atoms with van der Waals surface area (Å²) in [6.07, 6.45) is 2.85. The summed E-state index contributed by atoms with van der Waals surface area (Å²) >= 11 is 0. The highest BCUT2D eigenvalue weighted by atomic mass is 32.2. The Balaban J connectivity index is 1.71. The number of piperazine rings is 1. The first kappa shape index (κ1) is 21.0. The van der Waals surface area contributed by atoms with Gasteiger partial charge in [-0.3, -0.25) is 0 Å². The third-order valence-corrected chi connectivity index (χ3v) is 7.81. The van der Waals surface area contributed by atoms with E-state index in [1.807, 2.05) is 39.0 Å². The molecule has 0 bridgehead atoms. The van der Waals surface area contributed by atoms with Gasteiger partial charge in [0, 0.05) is 43.1 Å². The van der Waals surface area contributed by atoms with Gasteiger partial charge in [0.05, 0.1) is 11.1 Å². The molecule has 0 saturated carbocycles. The van der Waals surface area contributed by atoms with Gasteiger partial charge in [0.2, 0.25) is 10.0 Å². The monoisotopic (exact) mass is 427 g/mol. The number of hydrogen-bond donors (Lipinski definition) is 0. The topological polar surface area (TPSA) is 70.8 Å². The second-order valence-electron chi connectivity index (χ2n) is 8.06. The van der Waals surface area contributed by atoms with Gasteiger partial charge in [-0.2, -0.15) is 9.40 Å². The van der Waals surface area contributed by atoms with Crippen LogP contribution in [0.2, 0.25) is 0 Å². The summed E-state index contributed by atoms with van der Waals surface area (Å²) in [5.74, 6) is 0. The Bertz CT molecular complexity index is 1180. The SMILES string of the molecule is CCCN1CCN(S(=O)(=O)c2cc(-c3cnn4c(C)cc(C)nc34)ccc2C)CC1. The fourth-order valence-electron chi connectivity index (χ4n) is 4.17. The second kappa shape index (κ2) is 8.09. The van der Waals surface area contributed by atoms with Crippen molar-refractivity contribution in [1.29, 1.82) is 0 Å². The lowest BCUT2D eigenvalue weighted by molar-refractivity contribution is 0.188. The molecular weight excluding hydrogens is 398 g/mol. The van der Waals surface area contributed by atoms with Crippen LogP contribution in [0, 0.1) is 20.8 Å². The van der Waals surface area contributed by atoms with Crippen LogP contribution in [-0.4, -0.2) is 64.9 Å². The molecule has 1 fully saturated rings. The van der Waals surface area contributed by atoms with Crippen LogP contribution in [0.5, 0.6) is 0 Å². The number of aromatic nitrogens is 3. The zero-order valence-electron chi connectivity index (χ0n) is 18.1. The van der Waals surface area contributed by atoms with E-state index in [0.717, 1.165) is 59.8 Å². The fraction of sp³-hybridized carbons (Fsp3) is 0.455. The van der Waals surface area contributed by atoms with Crippen LogP contribution in [0.25, 0.3) is 16.8 Å². The molecule has 8 heteroatoms. The molecule has 30 heavy (non-hydrogen) atoms. The van der Waals surface area contributed by atoms with Crippen LogP contribution in [0.15, 0.2) is 35.4 Å². The van der Waals surface area contributed by atoms with Gasteiger partial charge in [-0.15, -0.1) is 0 Å². The summed E-state index contributed by atoms with van der Waals surface area (Å²) in [6.45, 7) is 11.6. The summed E-state index contributed by atoms with van der Waals surface area (Å²) in [5.41, 5.74) is 5.06. The molecule has 1 aromatic carbocycles. The van der Waals surface area contributed by atoms with Gasteiger partial charge in [0.15, 0.2) is 5.65 Å². The minimum atomic E-state index is -3.56. The average molecular weight is 428 g/mol. The van der Waals surface area contributed by atoms with Crippen molar-refractivity contribution in [2.24, 2.45) is 0 Å². The maximum Gasteiger partial charge on any atom is 0.243 e. The number of fused-ring (bicyclic) bond motifs is 1. The molecule has 7 nitrogen and oxygen atoms in total. The third-order valence-electron chi connectivity index (χ3n) is 5.77. The minimum Gasteiger partial charge on any atom is -0.301 e. The minimum absolute atomic E-state index is 0.368. The van der Waals surface area contributed by atoms with Crippen molar-refractivity contribution in [3.8, 4) is 11.1 Å². The molecule has 0 amide bonds. The Morgan fingerprint density at radius 2 is 1.77 bits per heavy atom. The van der Waals surface area contributed by atoms with E-state index in [1.54, 1.807) is 21.1 Å². The van der Waals surface area contributed by atoms with Crippen molar-refractivity contribution in [3.05, 3.63) is 47.4 Å². The van der Waals surface area contributed by atoms with E-state index in [4.69, 9.17) is 0 Å². The Morgan fingerprint density at radius 1 is 1.03 bits per heavy atom. The van der Waals surface area contributed by atoms with Crippen LogP contribution in [0.3, 0.4) is 0 Å². The molecule has 2 aromatic heterocycles. The summed E-state index contributed by atoms with van der Waals surface area (Å²) in [6, 6.07) is 7.58. The zero-order chi connectivity index (χ0) is 21.5. The van der Waals surface area contributed by atoms with Crippen LogP contribution < -0.4 is 0 Å². The molecule has 0 atom stereocenters. The standard InChI is InChI=1S/C22H29N5O2S/c1-5-8-25-9-11-26(12-10-25)30(28,29)21-14-19(7-6-16(21)2)20-15-23-27-18(4)13-17(3)24-22(20)27/h6-7,13-15H,5,8-12H2,1-4H3. The molecule has 1 aliphatic heterocycles. The van der Waals surface area contributed by atoms with Crippen LogP contribution in [-0.2, 0) is 10.0 Å². The maximum atomic E-state index is 13.4. The van der Waals surface area contributed by atoms with Crippen molar-refractivity contribution in [2.75, 3.05) is 32.7 Å². The van der Waals surface area contributed by atoms with E-state index in [9.17, 15) is 8.42 Å². The number of nitrogens with zero attached hydrogens (tertiary/aromatic N) is 5. The zero-order valence-corrected chi connectivity index (χ0v) is 18.9. The van der Waals surface area contributed by atoms with E-state index in [0.29, 0.717) is 18.0 Å². The molecule has 0 aliphatic carbocycles. The highest BCUT2D eigenvalue weighted by molar-refractivity contribution is 7.89. The van der Waals surface area contributed by atoms with Crippen molar-refractivity contribution in [1.82, 2.24) is 23.8 Å². The van der Waals surface area contributed by atoms with E-state index in [-0.39, 0.29) is 0 Å². The predicted molar refractivity (Wildman–Crippen MR) is 118 cm³/mol. The van der Waals surface area contributed by atoms with Crippen molar-refractivity contribution in [3.63, 3.8) is 0 Å². The van der Waals surface area contributed by atoms with Gasteiger partial charge in [-0.25, -0.2) is 17.9 Å². The third kappa shape index (κ3) is 3.75. The number of hydrogen-bond acceptors (Lipinski definition) is 5. The van der Waals surface area contributed by atoms with Gasteiger partial charge in [-0.1, -0.05) is 19.1 Å². The molecule has 0 radical (unpaired) electrons. The lowest BCUT2D eigenvalue weighted by Gasteiger charge is -2.34. The normalized spacial score (nSPS) is 16.4. The Hall–Kier alpha value is -2.29. The summed E-state index contributed by atoms with van der Waals surface area (Å²) in [5, 5.41) is 4.45. The summed E-state index contributed by atoms with van der Waals surface area (Å²) in [7, 11) is -3.56. The quantitative estimate of drug-likeness (QED) is 0.626. The average Bonchev–Trinajstić information content (AvgIpc) is 3.13. The van der Waals surface area contributed by atoms with E-state index in [1.165, 1.54) is 0 Å². The molecule has 160 valence electrons. The van der Waals surface area contributed by atoms with Crippen LogP contribution >= 0.6 is 0 Å². The molecule has 0 unspecified atom stereocenters. The summed E-state index contributed by atoms with van der Waals surface area (Å²) in [4.78, 5) is 7.33. The van der Waals surface area contributed by atoms with Crippen molar-refractivity contribution in [2.45, 2.75) is 39.0 Å². The fourth-order valence-corrected chi connectivity index (χ4v) is 5.84. The lowest BCUT2D eigenvalue weighted by atomic mass is 10.1. The first-order chi connectivity index (χ1) is 14.3. The van der Waals surface area contributed by atoms with Gasteiger partial charge in [0.25, 0.3) is 0 Å². The van der Waals surface area contributed by atoms with E-state index in [2.05, 4.69) is 21.9 Å². The van der Waals surface area contributed by atoms with Gasteiger partial charge in [0.1, 0.15) is 0 Å². The number of aryl methyl sites for hydroxylation is 3. The Kier molecular flexibility index (Phi) is 5.65. The van der Waals surface area contributed by atoms with Crippen LogP contribution in [0.4, 0.5) is 0 Å². The largest absolute Gasteiger partial charge is 0.301 e. The van der Waals surface area contributed by atoms with E-state index >= 15 is 0 Å². The molecular formula is C22H29N5O2S.